The largest absolute Gasteiger partial charge is 0.459 e. The van der Waals surface area contributed by atoms with E-state index in [1.807, 2.05) is 0 Å². The predicted molar refractivity (Wildman–Crippen MR) is 86.0 cm³/mol. The second kappa shape index (κ2) is 7.31. The van der Waals surface area contributed by atoms with Gasteiger partial charge in [-0.1, -0.05) is 0 Å². The highest BCUT2D eigenvalue weighted by Gasteiger charge is 2.12. The second-order valence-electron chi connectivity index (χ2n) is 4.79. The molecule has 0 aliphatic rings. The summed E-state index contributed by atoms with van der Waals surface area (Å²) in [6.07, 6.45) is 4.40. The van der Waals surface area contributed by atoms with Crippen molar-refractivity contribution in [1.82, 2.24) is 3.97 Å². The Balaban J connectivity index is 1.69. The zero-order valence-corrected chi connectivity index (χ0v) is 13.4. The number of aromatic nitrogens is 1. The molecule has 1 unspecified atom stereocenters. The van der Waals surface area contributed by atoms with Crippen molar-refractivity contribution < 1.29 is 26.9 Å². The van der Waals surface area contributed by atoms with Gasteiger partial charge in [0.25, 0.3) is 5.91 Å². The summed E-state index contributed by atoms with van der Waals surface area (Å²) < 4.78 is 47.3. The Kier molecular flexibility index (Phi) is 4.94. The summed E-state index contributed by atoms with van der Waals surface area (Å²) in [6.45, 7) is -2.92. The molecule has 0 bridgehead atoms. The molecular formula is C16H12F2N2O4S. The lowest BCUT2D eigenvalue weighted by Crippen LogP contribution is -2.10. The first-order valence-corrected chi connectivity index (χ1v) is 8.13. The number of benzene rings is 1. The third-order valence-corrected chi connectivity index (χ3v) is 4.40. The van der Waals surface area contributed by atoms with E-state index in [9.17, 15) is 17.8 Å². The van der Waals surface area contributed by atoms with Gasteiger partial charge in [0, 0.05) is 12.4 Å². The van der Waals surface area contributed by atoms with Crippen LogP contribution in [0.2, 0.25) is 0 Å². The van der Waals surface area contributed by atoms with Crippen LogP contribution in [-0.4, -0.2) is 20.7 Å². The minimum Gasteiger partial charge on any atom is -0.459 e. The van der Waals surface area contributed by atoms with E-state index in [1.54, 1.807) is 12.1 Å². The number of ether oxygens (including phenoxy) is 1. The van der Waals surface area contributed by atoms with Gasteiger partial charge in [-0.3, -0.25) is 8.77 Å². The Morgan fingerprint density at radius 1 is 1.20 bits per heavy atom. The molecule has 25 heavy (non-hydrogen) atoms. The van der Waals surface area contributed by atoms with E-state index in [-0.39, 0.29) is 11.5 Å². The number of carbonyl (C=O) groups excluding carboxylic acids is 1. The van der Waals surface area contributed by atoms with Gasteiger partial charge >= 0.3 is 6.61 Å². The van der Waals surface area contributed by atoms with Gasteiger partial charge in [0.2, 0.25) is 0 Å². The van der Waals surface area contributed by atoms with Gasteiger partial charge in [0.15, 0.2) is 16.7 Å². The summed E-state index contributed by atoms with van der Waals surface area (Å²) in [6, 6.07) is 10.2. The number of anilines is 1. The van der Waals surface area contributed by atoms with Crippen LogP contribution in [0.1, 0.15) is 10.6 Å². The van der Waals surface area contributed by atoms with E-state index in [1.165, 1.54) is 53.0 Å². The highest BCUT2D eigenvalue weighted by atomic mass is 32.2. The van der Waals surface area contributed by atoms with Crippen molar-refractivity contribution in [2.45, 2.75) is 11.5 Å². The Labute approximate surface area is 143 Å². The molecule has 0 saturated heterocycles. The first kappa shape index (κ1) is 16.9. The molecule has 0 fully saturated rings. The van der Waals surface area contributed by atoms with Crippen LogP contribution >= 0.6 is 0 Å². The average Bonchev–Trinajstić information content (AvgIpc) is 3.26. The van der Waals surface area contributed by atoms with Crippen LogP contribution in [0.15, 0.2) is 70.4 Å². The van der Waals surface area contributed by atoms with E-state index in [2.05, 4.69) is 10.1 Å². The van der Waals surface area contributed by atoms with E-state index in [4.69, 9.17) is 4.42 Å². The maximum Gasteiger partial charge on any atom is 0.387 e. The van der Waals surface area contributed by atoms with Crippen LogP contribution in [0.3, 0.4) is 0 Å². The molecular weight excluding hydrogens is 354 g/mol. The summed E-state index contributed by atoms with van der Waals surface area (Å²) in [5.74, 6) is -0.291. The van der Waals surface area contributed by atoms with Crippen molar-refractivity contribution in [2.24, 2.45) is 0 Å². The maximum absolute atomic E-state index is 12.5. The summed E-state index contributed by atoms with van der Waals surface area (Å²) in [5.41, 5.74) is 0.437. The molecule has 2 aromatic heterocycles. The van der Waals surface area contributed by atoms with Gasteiger partial charge in [0.1, 0.15) is 5.75 Å². The van der Waals surface area contributed by atoms with E-state index < -0.39 is 23.5 Å². The van der Waals surface area contributed by atoms with E-state index in [0.29, 0.717) is 10.6 Å². The van der Waals surface area contributed by atoms with Crippen LogP contribution in [0, 0.1) is 0 Å². The Morgan fingerprint density at radius 2 is 1.96 bits per heavy atom. The molecule has 0 aliphatic carbocycles. The van der Waals surface area contributed by atoms with Crippen molar-refractivity contribution in [3.63, 3.8) is 0 Å². The maximum atomic E-state index is 12.5. The summed E-state index contributed by atoms with van der Waals surface area (Å²) in [7, 11) is -1.60. The van der Waals surface area contributed by atoms with Gasteiger partial charge in [-0.05, 0) is 42.5 Å². The number of halogens is 2. The minimum absolute atomic E-state index is 0.0188. The molecule has 3 rings (SSSR count). The highest BCUT2D eigenvalue weighted by Crippen LogP contribution is 2.19. The first-order valence-electron chi connectivity index (χ1n) is 7.03. The third-order valence-electron chi connectivity index (χ3n) is 3.11. The fourth-order valence-corrected chi connectivity index (χ4v) is 3.01. The lowest BCUT2D eigenvalue weighted by Gasteiger charge is -2.06. The number of hydrogen-bond acceptors (Lipinski definition) is 4. The number of amides is 1. The SMILES string of the molecule is O=C(Nc1ccn(S(=O)c2ccc(OC(F)F)cc2)c1)c1ccco1. The normalized spacial score (nSPS) is 12.1. The molecule has 2 heterocycles. The monoisotopic (exact) mass is 366 g/mol. The number of hydrogen-bond donors (Lipinski definition) is 1. The molecule has 6 nitrogen and oxygen atoms in total. The first-order chi connectivity index (χ1) is 12.0. The topological polar surface area (TPSA) is 73.5 Å². The lowest BCUT2D eigenvalue weighted by molar-refractivity contribution is -0.0498. The summed E-state index contributed by atoms with van der Waals surface area (Å²) in [5, 5.41) is 2.61. The molecule has 1 aromatic carbocycles. The molecule has 3 aromatic rings. The van der Waals surface area contributed by atoms with Crippen LogP contribution in [0.4, 0.5) is 14.5 Å². The smallest absolute Gasteiger partial charge is 0.387 e. The molecule has 1 N–H and O–H groups in total. The molecule has 0 saturated carbocycles. The van der Waals surface area contributed by atoms with Crippen molar-refractivity contribution in [1.29, 1.82) is 0 Å². The van der Waals surface area contributed by atoms with Gasteiger partial charge in [0.05, 0.1) is 16.8 Å². The van der Waals surface area contributed by atoms with Crippen molar-refractivity contribution in [3.05, 3.63) is 66.9 Å². The Bertz CT molecular complexity index is 876. The van der Waals surface area contributed by atoms with E-state index in [0.717, 1.165) is 0 Å². The minimum atomic E-state index is -2.92. The van der Waals surface area contributed by atoms with Gasteiger partial charge in [-0.2, -0.15) is 8.78 Å². The number of alkyl halides is 2. The molecule has 130 valence electrons. The van der Waals surface area contributed by atoms with Crippen LogP contribution in [-0.2, 0) is 11.0 Å². The zero-order chi connectivity index (χ0) is 17.8. The van der Waals surface area contributed by atoms with Crippen LogP contribution in [0.5, 0.6) is 5.75 Å². The van der Waals surface area contributed by atoms with Crippen LogP contribution < -0.4 is 10.1 Å². The molecule has 9 heteroatoms. The number of nitrogens with zero attached hydrogens (tertiary/aromatic N) is 1. The molecule has 0 spiro atoms. The number of rotatable bonds is 6. The standard InChI is InChI=1S/C16H12F2N2O4S/c17-16(18)24-12-3-5-13(6-4-12)25(22)20-8-7-11(10-20)19-15(21)14-2-1-9-23-14/h1-10,16H,(H,19,21). The van der Waals surface area contributed by atoms with Gasteiger partial charge in [-0.15, -0.1) is 0 Å². The zero-order valence-electron chi connectivity index (χ0n) is 12.6. The summed E-state index contributed by atoms with van der Waals surface area (Å²) >= 11 is 0. The lowest BCUT2D eigenvalue weighted by atomic mass is 10.3. The van der Waals surface area contributed by atoms with E-state index >= 15 is 0 Å². The molecule has 1 atom stereocenters. The van der Waals surface area contributed by atoms with Crippen molar-refractivity contribution in [2.75, 3.05) is 5.32 Å². The summed E-state index contributed by atoms with van der Waals surface area (Å²) in [4.78, 5) is 12.3. The number of nitrogens with one attached hydrogen (secondary N) is 1. The fraction of sp³-hybridized carbons (Fsp3) is 0.0625. The van der Waals surface area contributed by atoms with Gasteiger partial charge < -0.3 is 14.5 Å². The van der Waals surface area contributed by atoms with Gasteiger partial charge in [-0.25, -0.2) is 4.21 Å². The number of furan rings is 1. The quantitative estimate of drug-likeness (QED) is 0.725. The molecule has 0 radical (unpaired) electrons. The second-order valence-corrected chi connectivity index (χ2v) is 6.18. The third kappa shape index (κ3) is 4.13. The molecule has 1 amide bonds. The predicted octanol–water partition coefficient (Wildman–Crippen LogP) is 3.51. The molecule has 0 aliphatic heterocycles. The van der Waals surface area contributed by atoms with Crippen molar-refractivity contribution >= 4 is 22.6 Å². The highest BCUT2D eigenvalue weighted by molar-refractivity contribution is 7.83. The van der Waals surface area contributed by atoms with Crippen molar-refractivity contribution in [3.8, 4) is 5.75 Å². The Hall–Kier alpha value is -2.94. The fourth-order valence-electron chi connectivity index (χ4n) is 2.01. The number of carbonyl (C=O) groups is 1. The van der Waals surface area contributed by atoms with Crippen LogP contribution in [0.25, 0.3) is 0 Å². The Morgan fingerprint density at radius 3 is 2.60 bits per heavy atom. The average molecular weight is 366 g/mol.